The molecule has 1 saturated heterocycles. The Morgan fingerprint density at radius 1 is 1.32 bits per heavy atom. The molecule has 1 fully saturated rings. The first-order chi connectivity index (χ1) is 10.6. The monoisotopic (exact) mass is 302 g/mol. The summed E-state index contributed by atoms with van der Waals surface area (Å²) in [7, 11) is 1.84. The second-order valence-electron chi connectivity index (χ2n) is 6.46. The highest BCUT2D eigenvalue weighted by atomic mass is 15.2. The van der Waals surface area contributed by atoms with Gasteiger partial charge in [-0.25, -0.2) is 0 Å². The van der Waals surface area contributed by atoms with Crippen molar-refractivity contribution in [2.45, 2.75) is 52.2 Å². The van der Waals surface area contributed by atoms with Crippen LogP contribution in [0, 0.1) is 6.92 Å². The lowest BCUT2D eigenvalue weighted by Gasteiger charge is -2.35. The highest BCUT2D eigenvalue weighted by Gasteiger charge is 2.21. The number of guanidine groups is 1. The van der Waals surface area contributed by atoms with E-state index in [1.807, 2.05) is 7.05 Å². The minimum Gasteiger partial charge on any atom is -0.354 e. The molecule has 0 aromatic heterocycles. The maximum atomic E-state index is 4.35. The lowest BCUT2D eigenvalue weighted by atomic mass is 10.0. The van der Waals surface area contributed by atoms with Gasteiger partial charge in [-0.15, -0.1) is 0 Å². The van der Waals surface area contributed by atoms with E-state index in [2.05, 4.69) is 65.6 Å². The molecule has 4 nitrogen and oxygen atoms in total. The first kappa shape index (κ1) is 16.8. The van der Waals surface area contributed by atoms with E-state index in [1.165, 1.54) is 37.1 Å². The maximum absolute atomic E-state index is 4.35. The van der Waals surface area contributed by atoms with Gasteiger partial charge in [0.15, 0.2) is 5.96 Å². The summed E-state index contributed by atoms with van der Waals surface area (Å²) in [4.78, 5) is 6.90. The van der Waals surface area contributed by atoms with Gasteiger partial charge >= 0.3 is 0 Å². The lowest BCUT2D eigenvalue weighted by molar-refractivity contribution is 0.167. The molecular weight excluding hydrogens is 272 g/mol. The second-order valence-corrected chi connectivity index (χ2v) is 6.46. The van der Waals surface area contributed by atoms with Crippen LogP contribution in [0.25, 0.3) is 0 Å². The fourth-order valence-electron chi connectivity index (χ4n) is 2.96. The predicted octanol–water partition coefficient (Wildman–Crippen LogP) is 2.53. The van der Waals surface area contributed by atoms with Crippen molar-refractivity contribution >= 4 is 5.96 Å². The van der Waals surface area contributed by atoms with Crippen LogP contribution in [-0.4, -0.2) is 43.1 Å². The molecule has 1 aromatic rings. The number of hydrogen-bond donors (Lipinski definition) is 2. The summed E-state index contributed by atoms with van der Waals surface area (Å²) in [6, 6.07) is 9.76. The minimum atomic E-state index is 0.527. The van der Waals surface area contributed by atoms with Gasteiger partial charge in [0.2, 0.25) is 0 Å². The van der Waals surface area contributed by atoms with Crippen LogP contribution in [0.5, 0.6) is 0 Å². The van der Waals surface area contributed by atoms with Crippen LogP contribution in [0.15, 0.2) is 29.3 Å². The Morgan fingerprint density at radius 2 is 2.05 bits per heavy atom. The molecule has 0 amide bonds. The Kier molecular flexibility index (Phi) is 6.25. The smallest absolute Gasteiger partial charge is 0.191 e. The van der Waals surface area contributed by atoms with Gasteiger partial charge in [0.1, 0.15) is 0 Å². The molecule has 1 aliphatic rings. The van der Waals surface area contributed by atoms with Crippen molar-refractivity contribution in [1.29, 1.82) is 0 Å². The number of aryl methyl sites for hydroxylation is 1. The zero-order valence-corrected chi connectivity index (χ0v) is 14.4. The summed E-state index contributed by atoms with van der Waals surface area (Å²) in [5.74, 6) is 0.907. The Morgan fingerprint density at radius 3 is 2.64 bits per heavy atom. The van der Waals surface area contributed by atoms with Gasteiger partial charge < -0.3 is 15.5 Å². The van der Waals surface area contributed by atoms with Crippen molar-refractivity contribution in [2.75, 3.05) is 20.1 Å². The average molecular weight is 302 g/mol. The van der Waals surface area contributed by atoms with E-state index in [0.717, 1.165) is 12.5 Å². The molecule has 0 spiro atoms. The van der Waals surface area contributed by atoms with E-state index in [-0.39, 0.29) is 0 Å². The second kappa shape index (κ2) is 8.18. The van der Waals surface area contributed by atoms with Crippen molar-refractivity contribution in [2.24, 2.45) is 4.99 Å². The standard InChI is InChI=1S/C18H30N4/c1-14(2)22-10-8-17(9-11-22)21-18(19-4)20-13-16-7-5-6-15(3)12-16/h5-7,12,14,17H,8-11,13H2,1-4H3,(H2,19,20,21). The molecule has 0 radical (unpaired) electrons. The zero-order chi connectivity index (χ0) is 15.9. The molecule has 1 aliphatic heterocycles. The van der Waals surface area contributed by atoms with Crippen LogP contribution in [0.2, 0.25) is 0 Å². The molecule has 2 N–H and O–H groups in total. The van der Waals surface area contributed by atoms with Crippen molar-refractivity contribution in [3.63, 3.8) is 0 Å². The van der Waals surface area contributed by atoms with E-state index >= 15 is 0 Å². The first-order valence-electron chi connectivity index (χ1n) is 8.35. The highest BCUT2D eigenvalue weighted by molar-refractivity contribution is 5.79. The molecule has 0 unspecified atom stereocenters. The quantitative estimate of drug-likeness (QED) is 0.663. The number of hydrogen-bond acceptors (Lipinski definition) is 2. The topological polar surface area (TPSA) is 39.7 Å². The van der Waals surface area contributed by atoms with Crippen molar-refractivity contribution in [3.8, 4) is 0 Å². The highest BCUT2D eigenvalue weighted by Crippen LogP contribution is 2.12. The number of piperidine rings is 1. The van der Waals surface area contributed by atoms with Gasteiger partial charge in [-0.3, -0.25) is 4.99 Å². The lowest BCUT2D eigenvalue weighted by Crippen LogP contribution is -2.49. The van der Waals surface area contributed by atoms with Gasteiger partial charge in [0.25, 0.3) is 0 Å². The van der Waals surface area contributed by atoms with E-state index < -0.39 is 0 Å². The summed E-state index contributed by atoms with van der Waals surface area (Å²) in [5.41, 5.74) is 2.58. The summed E-state index contributed by atoms with van der Waals surface area (Å²) in [5, 5.41) is 6.98. The SMILES string of the molecule is CN=C(NCc1cccc(C)c1)NC1CCN(C(C)C)CC1. The van der Waals surface area contributed by atoms with Crippen molar-refractivity contribution < 1.29 is 0 Å². The maximum Gasteiger partial charge on any atom is 0.191 e. The van der Waals surface area contributed by atoms with E-state index in [9.17, 15) is 0 Å². The first-order valence-corrected chi connectivity index (χ1v) is 8.35. The molecular formula is C18H30N4. The van der Waals surface area contributed by atoms with E-state index in [0.29, 0.717) is 12.1 Å². The Labute approximate surface area is 135 Å². The van der Waals surface area contributed by atoms with Gasteiger partial charge in [-0.2, -0.15) is 0 Å². The van der Waals surface area contributed by atoms with E-state index in [1.54, 1.807) is 0 Å². The molecule has 0 aliphatic carbocycles. The summed E-state index contributed by atoms with van der Waals surface area (Å²) < 4.78 is 0. The Hall–Kier alpha value is -1.55. The number of likely N-dealkylation sites (tertiary alicyclic amines) is 1. The average Bonchev–Trinajstić information content (AvgIpc) is 2.52. The third-order valence-corrected chi connectivity index (χ3v) is 4.37. The number of aliphatic imine (C=N–C) groups is 1. The normalized spacial score (nSPS) is 17.8. The van der Waals surface area contributed by atoms with Crippen molar-refractivity contribution in [1.82, 2.24) is 15.5 Å². The van der Waals surface area contributed by atoms with Gasteiger partial charge in [0, 0.05) is 38.8 Å². The largest absolute Gasteiger partial charge is 0.354 e. The summed E-state index contributed by atoms with van der Waals surface area (Å²) >= 11 is 0. The molecule has 22 heavy (non-hydrogen) atoms. The molecule has 0 saturated carbocycles. The Bertz CT molecular complexity index is 488. The molecule has 2 rings (SSSR count). The zero-order valence-electron chi connectivity index (χ0n) is 14.4. The third-order valence-electron chi connectivity index (χ3n) is 4.37. The van der Waals surface area contributed by atoms with Crippen LogP contribution in [0.4, 0.5) is 0 Å². The summed E-state index contributed by atoms with van der Waals surface area (Å²) in [6.45, 7) is 9.83. The van der Waals surface area contributed by atoms with E-state index in [4.69, 9.17) is 0 Å². The third kappa shape index (κ3) is 5.02. The molecule has 1 aromatic carbocycles. The van der Waals surface area contributed by atoms with Crippen LogP contribution >= 0.6 is 0 Å². The number of nitrogens with zero attached hydrogens (tertiary/aromatic N) is 2. The van der Waals surface area contributed by atoms with Gasteiger partial charge in [-0.05, 0) is 39.2 Å². The van der Waals surface area contributed by atoms with Crippen LogP contribution in [-0.2, 0) is 6.54 Å². The predicted molar refractivity (Wildman–Crippen MR) is 94.2 cm³/mol. The minimum absolute atomic E-state index is 0.527. The number of rotatable bonds is 4. The molecule has 0 bridgehead atoms. The van der Waals surface area contributed by atoms with Gasteiger partial charge in [-0.1, -0.05) is 29.8 Å². The Balaban J connectivity index is 1.78. The van der Waals surface area contributed by atoms with Crippen LogP contribution < -0.4 is 10.6 Å². The molecule has 122 valence electrons. The summed E-state index contributed by atoms with van der Waals surface area (Å²) in [6.07, 6.45) is 2.37. The molecule has 0 atom stereocenters. The van der Waals surface area contributed by atoms with Gasteiger partial charge in [0.05, 0.1) is 0 Å². The van der Waals surface area contributed by atoms with Crippen molar-refractivity contribution in [3.05, 3.63) is 35.4 Å². The number of benzene rings is 1. The van der Waals surface area contributed by atoms with Crippen LogP contribution in [0.3, 0.4) is 0 Å². The molecule has 4 heteroatoms. The fourth-order valence-corrected chi connectivity index (χ4v) is 2.96. The molecule has 1 heterocycles. The number of nitrogens with one attached hydrogen (secondary N) is 2. The van der Waals surface area contributed by atoms with Crippen LogP contribution in [0.1, 0.15) is 37.8 Å². The fraction of sp³-hybridized carbons (Fsp3) is 0.611.